The quantitative estimate of drug-likeness (QED) is 0.236. The first-order valence-electron chi connectivity index (χ1n) is 13.5. The third-order valence-corrected chi connectivity index (χ3v) is 7.51. The fraction of sp³-hybridized carbons (Fsp3) is 0.355. The van der Waals surface area contributed by atoms with Gasteiger partial charge in [-0.3, -0.25) is 9.59 Å². The number of carbonyl (C=O) groups excluding carboxylic acids is 1. The van der Waals surface area contributed by atoms with E-state index in [2.05, 4.69) is 41.6 Å². The third kappa shape index (κ3) is 5.24. The summed E-state index contributed by atoms with van der Waals surface area (Å²) >= 11 is 0. The summed E-state index contributed by atoms with van der Waals surface area (Å²) in [6.07, 6.45) is 2.21. The summed E-state index contributed by atoms with van der Waals surface area (Å²) in [6.45, 7) is 8.04. The van der Waals surface area contributed by atoms with E-state index < -0.39 is 22.9 Å². The van der Waals surface area contributed by atoms with E-state index in [1.165, 1.54) is 0 Å². The number of carbonyl (C=O) groups is 1. The molecule has 1 aliphatic heterocycles. The number of rotatable bonds is 9. The van der Waals surface area contributed by atoms with Crippen LogP contribution in [-0.4, -0.2) is 35.7 Å². The molecule has 0 amide bonds. The van der Waals surface area contributed by atoms with E-state index >= 15 is 0 Å². The molecule has 1 aliphatic rings. The van der Waals surface area contributed by atoms with Gasteiger partial charge in [0, 0.05) is 35.3 Å². The number of pyridine rings is 1. The van der Waals surface area contributed by atoms with E-state index in [0.717, 1.165) is 46.4 Å². The number of nitrogens with zero attached hydrogens (tertiary/aromatic N) is 2. The van der Waals surface area contributed by atoms with Crippen molar-refractivity contribution in [2.75, 3.05) is 22.1 Å². The van der Waals surface area contributed by atoms with Crippen LogP contribution in [0.25, 0.3) is 10.8 Å². The van der Waals surface area contributed by atoms with Crippen LogP contribution >= 0.6 is 0 Å². The Morgan fingerprint density at radius 1 is 1.05 bits per heavy atom. The molecule has 8 heteroatoms. The first kappa shape index (κ1) is 26.4. The van der Waals surface area contributed by atoms with Gasteiger partial charge in [-0.15, -0.1) is 0 Å². The maximum atomic E-state index is 12.9. The standard InChI is InChI=1S/C31H34N4O4/c1-5-39-31(38)25(34-26-27(29(37)28(26)36)35-19(3)10-11-20(35)4)17-21-12-14-23(15-13-21)33-30-24-9-7-6-8-22(24)16-18(2)32-30/h6-9,12-16,19-20,25,34H,5,10-11,17H2,1-4H3,(H,32,33)/t19-,20-,25+/m1/s1. The van der Waals surface area contributed by atoms with Crippen molar-refractivity contribution >= 4 is 39.6 Å². The SMILES string of the molecule is CCOC(=O)[C@H](Cc1ccc(Nc2nc(C)cc3ccccc23)cc1)Nc1c(N2[C@H](C)CC[C@H]2C)c(=O)c1=O. The topological polar surface area (TPSA) is 101 Å². The average molecular weight is 527 g/mol. The minimum absolute atomic E-state index is 0.157. The molecule has 0 unspecified atom stereocenters. The molecule has 0 spiro atoms. The number of aryl methyl sites for hydroxylation is 1. The van der Waals surface area contributed by atoms with Crippen molar-refractivity contribution in [1.82, 2.24) is 4.98 Å². The number of fused-ring (bicyclic) bond motifs is 1. The Morgan fingerprint density at radius 3 is 2.44 bits per heavy atom. The number of aromatic nitrogens is 1. The highest BCUT2D eigenvalue weighted by molar-refractivity contribution is 5.93. The van der Waals surface area contributed by atoms with Crippen LogP contribution in [0.3, 0.4) is 0 Å². The second-order valence-electron chi connectivity index (χ2n) is 10.4. The lowest BCUT2D eigenvalue weighted by Crippen LogP contribution is -2.48. The molecule has 0 radical (unpaired) electrons. The summed E-state index contributed by atoms with van der Waals surface area (Å²) < 4.78 is 5.31. The maximum absolute atomic E-state index is 12.9. The Bertz CT molecular complexity index is 1560. The summed E-state index contributed by atoms with van der Waals surface area (Å²) in [4.78, 5) is 44.7. The Hall–Kier alpha value is -4.20. The monoisotopic (exact) mass is 526 g/mol. The van der Waals surface area contributed by atoms with Gasteiger partial charge < -0.3 is 20.3 Å². The molecule has 39 heavy (non-hydrogen) atoms. The van der Waals surface area contributed by atoms with Crippen LogP contribution in [0.5, 0.6) is 0 Å². The molecule has 8 nitrogen and oxygen atoms in total. The molecule has 5 rings (SSSR count). The first-order valence-corrected chi connectivity index (χ1v) is 13.5. The van der Waals surface area contributed by atoms with Crippen molar-refractivity contribution < 1.29 is 9.53 Å². The summed E-state index contributed by atoms with van der Waals surface area (Å²) in [7, 11) is 0. The van der Waals surface area contributed by atoms with Gasteiger partial charge in [0.1, 0.15) is 23.2 Å². The zero-order valence-corrected chi connectivity index (χ0v) is 22.8. The van der Waals surface area contributed by atoms with Gasteiger partial charge >= 0.3 is 5.97 Å². The summed E-state index contributed by atoms with van der Waals surface area (Å²) in [6, 6.07) is 17.4. The Balaban J connectivity index is 1.36. The van der Waals surface area contributed by atoms with E-state index in [-0.39, 0.29) is 24.4 Å². The van der Waals surface area contributed by atoms with E-state index in [0.29, 0.717) is 12.1 Å². The Kier molecular flexibility index (Phi) is 7.37. The van der Waals surface area contributed by atoms with Crippen LogP contribution in [0.2, 0.25) is 0 Å². The molecule has 1 fully saturated rings. The molecule has 4 aromatic rings. The highest BCUT2D eigenvalue weighted by Gasteiger charge is 2.37. The molecule has 3 atom stereocenters. The molecule has 0 saturated carbocycles. The lowest BCUT2D eigenvalue weighted by atomic mass is 10.0. The molecule has 3 aromatic carbocycles. The normalized spacial score (nSPS) is 17.9. The van der Waals surface area contributed by atoms with Gasteiger partial charge in [-0.1, -0.05) is 36.4 Å². The van der Waals surface area contributed by atoms with Crippen molar-refractivity contribution in [2.24, 2.45) is 0 Å². The number of hydrogen-bond donors (Lipinski definition) is 2. The zero-order chi connectivity index (χ0) is 27.7. The first-order chi connectivity index (χ1) is 18.8. The van der Waals surface area contributed by atoms with E-state index in [9.17, 15) is 14.4 Å². The lowest BCUT2D eigenvalue weighted by molar-refractivity contribution is -0.144. The highest BCUT2D eigenvalue weighted by atomic mass is 16.5. The molecule has 2 heterocycles. The Morgan fingerprint density at radius 2 is 1.74 bits per heavy atom. The minimum atomic E-state index is -0.804. The number of ether oxygens (including phenoxy) is 1. The molecule has 0 aliphatic carbocycles. The fourth-order valence-electron chi connectivity index (χ4n) is 5.53. The van der Waals surface area contributed by atoms with Crippen molar-refractivity contribution in [3.63, 3.8) is 0 Å². The van der Waals surface area contributed by atoms with Crippen molar-refractivity contribution in [1.29, 1.82) is 0 Å². The van der Waals surface area contributed by atoms with Crippen LogP contribution in [0.15, 0.2) is 64.2 Å². The zero-order valence-electron chi connectivity index (χ0n) is 22.8. The second kappa shape index (κ2) is 10.9. The number of benzene rings is 2. The summed E-state index contributed by atoms with van der Waals surface area (Å²) in [5.74, 6) is 0.319. The van der Waals surface area contributed by atoms with Gasteiger partial charge in [-0.2, -0.15) is 0 Å². The predicted octanol–water partition coefficient (Wildman–Crippen LogP) is 4.85. The number of hydrogen-bond acceptors (Lipinski definition) is 8. The van der Waals surface area contributed by atoms with Crippen LogP contribution in [-0.2, 0) is 16.0 Å². The molecule has 2 N–H and O–H groups in total. The molecule has 1 aromatic heterocycles. The maximum Gasteiger partial charge on any atom is 0.328 e. The Labute approximate surface area is 227 Å². The van der Waals surface area contributed by atoms with Crippen LogP contribution in [0, 0.1) is 6.92 Å². The lowest BCUT2D eigenvalue weighted by Gasteiger charge is -2.32. The van der Waals surface area contributed by atoms with Crippen LogP contribution in [0.1, 0.15) is 44.9 Å². The van der Waals surface area contributed by atoms with E-state index in [1.54, 1.807) is 6.92 Å². The number of anilines is 4. The van der Waals surface area contributed by atoms with Gasteiger partial charge in [-0.05, 0) is 69.7 Å². The number of esters is 1. The van der Waals surface area contributed by atoms with Crippen LogP contribution in [0.4, 0.5) is 22.9 Å². The van der Waals surface area contributed by atoms with Crippen molar-refractivity contribution in [2.45, 2.75) is 65.1 Å². The molecule has 1 saturated heterocycles. The molecule has 202 valence electrons. The highest BCUT2D eigenvalue weighted by Crippen LogP contribution is 2.33. The van der Waals surface area contributed by atoms with Gasteiger partial charge in [0.2, 0.25) is 0 Å². The summed E-state index contributed by atoms with van der Waals surface area (Å²) in [5, 5.41) is 8.63. The van der Waals surface area contributed by atoms with Crippen molar-refractivity contribution in [3.05, 3.63) is 86.3 Å². The van der Waals surface area contributed by atoms with Gasteiger partial charge in [0.25, 0.3) is 10.9 Å². The van der Waals surface area contributed by atoms with Gasteiger partial charge in [0.15, 0.2) is 0 Å². The molecular weight excluding hydrogens is 492 g/mol. The van der Waals surface area contributed by atoms with E-state index in [1.807, 2.05) is 54.3 Å². The smallest absolute Gasteiger partial charge is 0.328 e. The van der Waals surface area contributed by atoms with Crippen LogP contribution < -0.4 is 26.4 Å². The largest absolute Gasteiger partial charge is 0.464 e. The fourth-order valence-corrected chi connectivity index (χ4v) is 5.53. The van der Waals surface area contributed by atoms with Gasteiger partial charge in [-0.25, -0.2) is 9.78 Å². The van der Waals surface area contributed by atoms with Crippen molar-refractivity contribution in [3.8, 4) is 0 Å². The molecular formula is C31H34N4O4. The predicted molar refractivity (Wildman–Crippen MR) is 156 cm³/mol. The van der Waals surface area contributed by atoms with Gasteiger partial charge in [0.05, 0.1) is 6.61 Å². The third-order valence-electron chi connectivity index (χ3n) is 7.51. The number of nitrogens with one attached hydrogen (secondary N) is 2. The second-order valence-corrected chi connectivity index (χ2v) is 10.4. The minimum Gasteiger partial charge on any atom is -0.464 e. The van der Waals surface area contributed by atoms with E-state index in [4.69, 9.17) is 4.74 Å². The molecule has 0 bridgehead atoms. The average Bonchev–Trinajstić information content (AvgIpc) is 3.25. The summed E-state index contributed by atoms with van der Waals surface area (Å²) in [5.41, 5.74) is 2.21.